The number of hydrogen-bond donors (Lipinski definition) is 2. The second kappa shape index (κ2) is 10.6. The zero-order valence-corrected chi connectivity index (χ0v) is 22.1. The van der Waals surface area contributed by atoms with Crippen LogP contribution >= 0.6 is 12.2 Å². The largest absolute Gasteiger partial charge is 0.352 e. The summed E-state index contributed by atoms with van der Waals surface area (Å²) in [5.74, 6) is -0.0435. The summed E-state index contributed by atoms with van der Waals surface area (Å²) < 4.78 is 2.21. The van der Waals surface area contributed by atoms with Gasteiger partial charge in [0, 0.05) is 42.4 Å². The Hall–Kier alpha value is -3.97. The van der Waals surface area contributed by atoms with Crippen LogP contribution in [0.5, 0.6) is 0 Å². The second-order valence-corrected chi connectivity index (χ2v) is 9.95. The Balaban J connectivity index is 1.45. The number of nitrogens with zero attached hydrogens (tertiary/aromatic N) is 3. The maximum Gasteiger partial charge on any atom is 0.226 e. The molecule has 6 nitrogen and oxygen atoms in total. The normalized spacial score (nSPS) is 17.1. The van der Waals surface area contributed by atoms with Gasteiger partial charge in [-0.1, -0.05) is 24.3 Å². The highest BCUT2D eigenvalue weighted by molar-refractivity contribution is 7.80. The number of aromatic nitrogens is 2. The number of anilines is 1. The van der Waals surface area contributed by atoms with Crippen molar-refractivity contribution in [2.24, 2.45) is 0 Å². The zero-order valence-electron chi connectivity index (χ0n) is 21.3. The summed E-state index contributed by atoms with van der Waals surface area (Å²) in [4.78, 5) is 19.6. The standard InChI is InChI=1S/C30H31N5OS/c1-20-8-6-9-23(18-20)32-27(36)14-17-35-29(28(33-30(35)37)25-10-4-5-15-31-25)26-11-7-16-34(26)24-13-12-21(2)22(3)19-24/h4-13,15-16,18-19,28-29H,14,17H2,1-3H3,(H,32,36)(H,33,37)/t28-,29+/m0/s1. The van der Waals surface area contributed by atoms with E-state index < -0.39 is 0 Å². The molecule has 0 radical (unpaired) electrons. The molecular weight excluding hydrogens is 478 g/mol. The Kier molecular flexibility index (Phi) is 7.06. The average Bonchev–Trinajstić information content (AvgIpc) is 3.49. The minimum absolute atomic E-state index is 0.0435. The lowest BCUT2D eigenvalue weighted by Gasteiger charge is -2.29. The van der Waals surface area contributed by atoms with E-state index in [-0.39, 0.29) is 18.0 Å². The molecule has 7 heteroatoms. The second-order valence-electron chi connectivity index (χ2n) is 9.56. The van der Waals surface area contributed by atoms with Crippen LogP contribution in [-0.2, 0) is 4.79 Å². The summed E-state index contributed by atoms with van der Waals surface area (Å²) in [7, 11) is 0. The van der Waals surface area contributed by atoms with Crippen LogP contribution in [0.4, 0.5) is 5.69 Å². The van der Waals surface area contributed by atoms with Gasteiger partial charge < -0.3 is 20.1 Å². The van der Waals surface area contributed by atoms with Gasteiger partial charge in [-0.15, -0.1) is 0 Å². The third kappa shape index (κ3) is 5.27. The number of amides is 1. The first-order valence-corrected chi connectivity index (χ1v) is 12.9. The van der Waals surface area contributed by atoms with Crippen LogP contribution in [0.15, 0.2) is 85.2 Å². The highest BCUT2D eigenvalue weighted by Crippen LogP contribution is 2.39. The molecule has 4 aromatic rings. The quantitative estimate of drug-likeness (QED) is 0.309. The fraction of sp³-hybridized carbons (Fsp3) is 0.233. The predicted octanol–water partition coefficient (Wildman–Crippen LogP) is 5.80. The van der Waals surface area contributed by atoms with E-state index in [0.29, 0.717) is 18.1 Å². The molecule has 5 rings (SSSR count). The molecule has 188 valence electrons. The molecule has 3 heterocycles. The van der Waals surface area contributed by atoms with E-state index in [9.17, 15) is 4.79 Å². The van der Waals surface area contributed by atoms with Crippen LogP contribution in [0.2, 0.25) is 0 Å². The summed E-state index contributed by atoms with van der Waals surface area (Å²) in [6, 6.07) is 24.2. The van der Waals surface area contributed by atoms with E-state index in [1.54, 1.807) is 6.20 Å². The highest BCUT2D eigenvalue weighted by Gasteiger charge is 2.41. The van der Waals surface area contributed by atoms with Gasteiger partial charge in [-0.05, 0) is 98.2 Å². The molecule has 2 atom stereocenters. The number of rotatable bonds is 7. The van der Waals surface area contributed by atoms with E-state index in [0.717, 1.165) is 28.3 Å². The molecular formula is C30H31N5OS. The Morgan fingerprint density at radius 1 is 1.00 bits per heavy atom. The van der Waals surface area contributed by atoms with Gasteiger partial charge in [0.05, 0.1) is 17.8 Å². The molecule has 0 spiro atoms. The van der Waals surface area contributed by atoms with Crippen LogP contribution < -0.4 is 10.6 Å². The number of benzene rings is 2. The van der Waals surface area contributed by atoms with Crippen molar-refractivity contribution in [3.8, 4) is 5.69 Å². The van der Waals surface area contributed by atoms with Gasteiger partial charge in [-0.2, -0.15) is 0 Å². The number of carbonyl (C=O) groups excluding carboxylic acids is 1. The maximum absolute atomic E-state index is 12.9. The molecule has 2 aromatic carbocycles. The minimum Gasteiger partial charge on any atom is -0.352 e. The summed E-state index contributed by atoms with van der Waals surface area (Å²) >= 11 is 5.81. The van der Waals surface area contributed by atoms with Gasteiger partial charge in [0.1, 0.15) is 0 Å². The SMILES string of the molecule is Cc1cccc(NC(=O)CCN2C(=S)N[C@@H](c3ccccn3)[C@H]2c2cccn2-c2ccc(C)c(C)c2)c1. The van der Waals surface area contributed by atoms with Gasteiger partial charge in [0.25, 0.3) is 0 Å². The van der Waals surface area contributed by atoms with Crippen LogP contribution in [0, 0.1) is 20.8 Å². The van der Waals surface area contributed by atoms with E-state index in [4.69, 9.17) is 12.2 Å². The van der Waals surface area contributed by atoms with Gasteiger partial charge in [-0.25, -0.2) is 0 Å². The molecule has 0 unspecified atom stereocenters. The third-order valence-electron chi connectivity index (χ3n) is 6.93. The number of thiocarbonyl (C=S) groups is 1. The number of aryl methyl sites for hydroxylation is 3. The van der Waals surface area contributed by atoms with Crippen LogP contribution in [0.3, 0.4) is 0 Å². The predicted molar refractivity (Wildman–Crippen MR) is 152 cm³/mol. The molecule has 2 aromatic heterocycles. The van der Waals surface area contributed by atoms with Crippen LogP contribution in [0.25, 0.3) is 5.69 Å². The minimum atomic E-state index is -0.145. The molecule has 0 bridgehead atoms. The molecule has 37 heavy (non-hydrogen) atoms. The molecule has 1 fully saturated rings. The first-order chi connectivity index (χ1) is 17.9. The van der Waals surface area contributed by atoms with Crippen molar-refractivity contribution < 1.29 is 4.79 Å². The molecule has 1 aliphatic heterocycles. The number of nitrogens with one attached hydrogen (secondary N) is 2. The van der Waals surface area contributed by atoms with Crippen LogP contribution in [-0.4, -0.2) is 32.0 Å². The lowest BCUT2D eigenvalue weighted by atomic mass is 10.0. The smallest absolute Gasteiger partial charge is 0.226 e. The molecule has 0 saturated carbocycles. The Bertz CT molecular complexity index is 1430. The average molecular weight is 510 g/mol. The maximum atomic E-state index is 12.9. The number of pyridine rings is 1. The molecule has 1 saturated heterocycles. The number of carbonyl (C=O) groups is 1. The Morgan fingerprint density at radius 3 is 2.62 bits per heavy atom. The van der Waals surface area contributed by atoms with E-state index in [1.165, 1.54) is 11.1 Å². The molecule has 1 amide bonds. The van der Waals surface area contributed by atoms with Gasteiger partial charge in [-0.3, -0.25) is 9.78 Å². The van der Waals surface area contributed by atoms with E-state index >= 15 is 0 Å². The lowest BCUT2D eigenvalue weighted by Crippen LogP contribution is -2.33. The summed E-state index contributed by atoms with van der Waals surface area (Å²) in [5.41, 5.74) is 7.50. The summed E-state index contributed by atoms with van der Waals surface area (Å²) in [5, 5.41) is 7.13. The summed E-state index contributed by atoms with van der Waals surface area (Å²) in [6.07, 6.45) is 4.20. The third-order valence-corrected chi connectivity index (χ3v) is 7.28. The molecule has 2 N–H and O–H groups in total. The van der Waals surface area contributed by atoms with Crippen LogP contribution in [0.1, 0.15) is 46.6 Å². The number of hydrogen-bond acceptors (Lipinski definition) is 3. The zero-order chi connectivity index (χ0) is 25.9. The van der Waals surface area contributed by atoms with Crippen molar-refractivity contribution in [1.82, 2.24) is 19.8 Å². The van der Waals surface area contributed by atoms with Gasteiger partial charge >= 0.3 is 0 Å². The highest BCUT2D eigenvalue weighted by atomic mass is 32.1. The van der Waals surface area contributed by atoms with Crippen molar-refractivity contribution in [2.45, 2.75) is 39.3 Å². The van der Waals surface area contributed by atoms with Gasteiger partial charge in [0.15, 0.2) is 5.11 Å². The van der Waals surface area contributed by atoms with Gasteiger partial charge in [0.2, 0.25) is 5.91 Å². The Morgan fingerprint density at radius 2 is 1.86 bits per heavy atom. The summed E-state index contributed by atoms with van der Waals surface area (Å²) in [6.45, 7) is 6.74. The molecule has 1 aliphatic rings. The lowest BCUT2D eigenvalue weighted by molar-refractivity contribution is -0.116. The molecule has 0 aliphatic carbocycles. The van der Waals surface area contributed by atoms with E-state index in [2.05, 4.69) is 75.5 Å². The fourth-order valence-electron chi connectivity index (χ4n) is 4.88. The monoisotopic (exact) mass is 509 g/mol. The van der Waals surface area contributed by atoms with Crippen molar-refractivity contribution in [3.05, 3.63) is 113 Å². The van der Waals surface area contributed by atoms with Crippen molar-refractivity contribution in [2.75, 3.05) is 11.9 Å². The first-order valence-electron chi connectivity index (χ1n) is 12.5. The first kappa shape index (κ1) is 24.7. The fourth-order valence-corrected chi connectivity index (χ4v) is 5.21. The Labute approximate surface area is 223 Å². The van der Waals surface area contributed by atoms with E-state index in [1.807, 2.05) is 49.4 Å². The van der Waals surface area contributed by atoms with Crippen molar-refractivity contribution >= 4 is 28.9 Å². The van der Waals surface area contributed by atoms with Crippen molar-refractivity contribution in [1.29, 1.82) is 0 Å². The topological polar surface area (TPSA) is 62.2 Å². The van der Waals surface area contributed by atoms with Crippen molar-refractivity contribution in [3.63, 3.8) is 0 Å².